The van der Waals surface area contributed by atoms with Crippen molar-refractivity contribution < 1.29 is 0 Å². The van der Waals surface area contributed by atoms with Gasteiger partial charge in [-0.05, 0) is 56.3 Å². The lowest BCUT2D eigenvalue weighted by Crippen LogP contribution is -2.47. The summed E-state index contributed by atoms with van der Waals surface area (Å²) < 4.78 is 0. The van der Waals surface area contributed by atoms with Crippen LogP contribution >= 0.6 is 0 Å². The Kier molecular flexibility index (Phi) is 6.56. The number of guanidine groups is 1. The van der Waals surface area contributed by atoms with Crippen molar-refractivity contribution in [1.29, 1.82) is 0 Å². The highest BCUT2D eigenvalue weighted by atomic mass is 15.3. The summed E-state index contributed by atoms with van der Waals surface area (Å²) in [7, 11) is 1.85. The fraction of sp³-hybridized carbons (Fsp3) is 0.650. The maximum atomic E-state index is 4.30. The molecule has 1 aliphatic carbocycles. The number of rotatable bonds is 7. The van der Waals surface area contributed by atoms with Crippen molar-refractivity contribution in [3.05, 3.63) is 29.8 Å². The van der Waals surface area contributed by atoms with E-state index in [2.05, 4.69) is 56.6 Å². The monoisotopic (exact) mass is 343 g/mol. The molecule has 1 aromatic carbocycles. The van der Waals surface area contributed by atoms with E-state index in [1.807, 2.05) is 7.05 Å². The van der Waals surface area contributed by atoms with Crippen molar-refractivity contribution >= 4 is 11.6 Å². The molecule has 1 saturated carbocycles. The summed E-state index contributed by atoms with van der Waals surface area (Å²) in [5.41, 5.74) is 2.71. The summed E-state index contributed by atoms with van der Waals surface area (Å²) in [5.74, 6) is 1.83. The molecule has 1 saturated heterocycles. The van der Waals surface area contributed by atoms with Crippen LogP contribution in [-0.4, -0.2) is 63.7 Å². The lowest BCUT2D eigenvalue weighted by molar-refractivity contribution is 0.255. The number of benzene rings is 1. The normalized spacial score (nSPS) is 19.1. The van der Waals surface area contributed by atoms with Gasteiger partial charge in [-0.25, -0.2) is 0 Å². The topological polar surface area (TPSA) is 42.9 Å². The fourth-order valence-electron chi connectivity index (χ4n) is 3.35. The molecule has 0 atom stereocenters. The molecule has 3 rings (SSSR count). The summed E-state index contributed by atoms with van der Waals surface area (Å²) in [4.78, 5) is 9.38. The van der Waals surface area contributed by atoms with Crippen LogP contribution < -0.4 is 15.5 Å². The average Bonchev–Trinajstić information content (AvgIpc) is 3.46. The average molecular weight is 344 g/mol. The highest BCUT2D eigenvalue weighted by Crippen LogP contribution is 2.27. The van der Waals surface area contributed by atoms with Gasteiger partial charge >= 0.3 is 0 Å². The van der Waals surface area contributed by atoms with Crippen molar-refractivity contribution in [3.63, 3.8) is 0 Å². The molecule has 0 bridgehead atoms. The maximum Gasteiger partial charge on any atom is 0.190 e. The van der Waals surface area contributed by atoms with E-state index in [1.165, 1.54) is 24.1 Å². The quantitative estimate of drug-likeness (QED) is 0.452. The standard InChI is InChI=1S/C20H33N5/c1-17-5-3-6-19(15-17)25-13-11-24(12-14-25)10-4-9-22-20(21-2)23-16-18-7-8-18/h3,5-6,15,18H,4,7-14,16H2,1-2H3,(H2,21,22,23). The van der Waals surface area contributed by atoms with E-state index < -0.39 is 0 Å². The van der Waals surface area contributed by atoms with Gasteiger partial charge in [0.1, 0.15) is 0 Å². The van der Waals surface area contributed by atoms with Gasteiger partial charge in [0.25, 0.3) is 0 Å². The summed E-state index contributed by atoms with van der Waals surface area (Å²) in [6, 6.07) is 8.85. The first-order chi connectivity index (χ1) is 12.2. The summed E-state index contributed by atoms with van der Waals surface area (Å²) in [5, 5.41) is 6.85. The van der Waals surface area contributed by atoms with Crippen LogP contribution in [0.25, 0.3) is 0 Å². The zero-order valence-electron chi connectivity index (χ0n) is 15.8. The Morgan fingerprint density at radius 3 is 2.64 bits per heavy atom. The number of anilines is 1. The van der Waals surface area contributed by atoms with Crippen molar-refractivity contribution in [2.75, 3.05) is 57.8 Å². The van der Waals surface area contributed by atoms with Gasteiger partial charge in [-0.3, -0.25) is 9.89 Å². The second-order valence-electron chi connectivity index (χ2n) is 7.34. The predicted octanol–water partition coefficient (Wildman–Crippen LogP) is 2.08. The van der Waals surface area contributed by atoms with Gasteiger partial charge in [0.05, 0.1) is 0 Å². The van der Waals surface area contributed by atoms with Crippen molar-refractivity contribution in [3.8, 4) is 0 Å². The van der Waals surface area contributed by atoms with Crippen LogP contribution in [0.3, 0.4) is 0 Å². The van der Waals surface area contributed by atoms with Crippen LogP contribution in [0.2, 0.25) is 0 Å². The Balaban J connectivity index is 1.30. The zero-order valence-corrected chi connectivity index (χ0v) is 15.8. The largest absolute Gasteiger partial charge is 0.369 e. The molecule has 138 valence electrons. The molecule has 2 N–H and O–H groups in total. The minimum Gasteiger partial charge on any atom is -0.369 e. The van der Waals surface area contributed by atoms with Crippen LogP contribution in [0, 0.1) is 12.8 Å². The van der Waals surface area contributed by atoms with E-state index in [4.69, 9.17) is 0 Å². The summed E-state index contributed by atoms with van der Waals surface area (Å²) >= 11 is 0. The summed E-state index contributed by atoms with van der Waals surface area (Å²) in [6.07, 6.45) is 3.91. The van der Waals surface area contributed by atoms with Crippen LogP contribution in [0.4, 0.5) is 5.69 Å². The van der Waals surface area contributed by atoms with E-state index in [-0.39, 0.29) is 0 Å². The van der Waals surface area contributed by atoms with Gasteiger partial charge in [0, 0.05) is 52.0 Å². The molecule has 1 aromatic rings. The van der Waals surface area contributed by atoms with E-state index in [0.29, 0.717) is 0 Å². The SMILES string of the molecule is CN=C(NCCCN1CCN(c2cccc(C)c2)CC1)NCC1CC1. The second-order valence-corrected chi connectivity index (χ2v) is 7.34. The van der Waals surface area contributed by atoms with Gasteiger partial charge in [-0.2, -0.15) is 0 Å². The molecule has 0 aromatic heterocycles. The first kappa shape index (κ1) is 18.1. The Bertz CT molecular complexity index is 559. The van der Waals surface area contributed by atoms with Crippen molar-refractivity contribution in [2.45, 2.75) is 26.2 Å². The number of hydrogen-bond acceptors (Lipinski definition) is 3. The van der Waals surface area contributed by atoms with Crippen LogP contribution in [0.1, 0.15) is 24.8 Å². The van der Waals surface area contributed by atoms with E-state index in [9.17, 15) is 0 Å². The molecule has 25 heavy (non-hydrogen) atoms. The highest BCUT2D eigenvalue weighted by molar-refractivity contribution is 5.79. The predicted molar refractivity (Wildman–Crippen MR) is 107 cm³/mol. The molecule has 0 amide bonds. The Hall–Kier alpha value is -1.75. The minimum atomic E-state index is 0.878. The van der Waals surface area contributed by atoms with Gasteiger partial charge in [0.15, 0.2) is 5.96 Å². The van der Waals surface area contributed by atoms with Gasteiger partial charge in [0.2, 0.25) is 0 Å². The molecular formula is C20H33N5. The van der Waals surface area contributed by atoms with Crippen LogP contribution in [-0.2, 0) is 0 Å². The third-order valence-corrected chi connectivity index (χ3v) is 5.16. The Labute approximate surface area is 152 Å². The van der Waals surface area contributed by atoms with Gasteiger partial charge < -0.3 is 15.5 Å². The number of nitrogens with zero attached hydrogens (tertiary/aromatic N) is 3. The molecule has 2 aliphatic rings. The van der Waals surface area contributed by atoms with Crippen LogP contribution in [0.5, 0.6) is 0 Å². The number of aliphatic imine (C=N–C) groups is 1. The first-order valence-corrected chi connectivity index (χ1v) is 9.73. The molecule has 1 aliphatic heterocycles. The molecular weight excluding hydrogens is 310 g/mol. The molecule has 5 heteroatoms. The lowest BCUT2D eigenvalue weighted by atomic mass is 10.2. The highest BCUT2D eigenvalue weighted by Gasteiger charge is 2.21. The maximum absolute atomic E-state index is 4.30. The summed E-state index contributed by atoms with van der Waals surface area (Å²) in [6.45, 7) is 9.95. The molecule has 0 unspecified atom stereocenters. The number of aryl methyl sites for hydroxylation is 1. The van der Waals surface area contributed by atoms with Crippen molar-refractivity contribution in [1.82, 2.24) is 15.5 Å². The number of hydrogen-bond donors (Lipinski definition) is 2. The zero-order chi connectivity index (χ0) is 17.5. The lowest BCUT2D eigenvalue weighted by Gasteiger charge is -2.36. The molecule has 5 nitrogen and oxygen atoms in total. The van der Waals surface area contributed by atoms with Gasteiger partial charge in [-0.1, -0.05) is 12.1 Å². The molecule has 0 spiro atoms. The minimum absolute atomic E-state index is 0.878. The molecule has 0 radical (unpaired) electrons. The third kappa shape index (κ3) is 5.92. The van der Waals surface area contributed by atoms with Crippen LogP contribution in [0.15, 0.2) is 29.3 Å². The van der Waals surface area contributed by atoms with E-state index in [1.54, 1.807) is 0 Å². The molecule has 2 fully saturated rings. The number of piperazine rings is 1. The van der Waals surface area contributed by atoms with Crippen molar-refractivity contribution in [2.24, 2.45) is 10.9 Å². The Morgan fingerprint density at radius 2 is 1.96 bits per heavy atom. The van der Waals surface area contributed by atoms with E-state index in [0.717, 1.165) is 64.1 Å². The fourth-order valence-corrected chi connectivity index (χ4v) is 3.35. The second kappa shape index (κ2) is 9.09. The van der Waals surface area contributed by atoms with Gasteiger partial charge in [-0.15, -0.1) is 0 Å². The Morgan fingerprint density at radius 1 is 1.16 bits per heavy atom. The number of nitrogens with one attached hydrogen (secondary N) is 2. The van der Waals surface area contributed by atoms with E-state index >= 15 is 0 Å². The molecule has 1 heterocycles. The first-order valence-electron chi connectivity index (χ1n) is 9.73. The smallest absolute Gasteiger partial charge is 0.190 e. The third-order valence-electron chi connectivity index (χ3n) is 5.16.